The fourth-order valence-corrected chi connectivity index (χ4v) is 7.11. The number of methoxy groups -OCH3 is 2. The number of hydrogen-bond acceptors (Lipinski definition) is 10. The lowest BCUT2D eigenvalue weighted by molar-refractivity contribution is 0.414. The summed E-state index contributed by atoms with van der Waals surface area (Å²) in [6.07, 6.45) is 7.50. The molecule has 0 amide bonds. The van der Waals surface area contributed by atoms with Crippen molar-refractivity contribution in [2.45, 2.75) is 36.5 Å². The van der Waals surface area contributed by atoms with E-state index in [1.807, 2.05) is 72.8 Å². The standard InChI is InChI=1S/2C20H16ClN5O/c1-27-16-8-4-14(5-9-16)20(10-11-20)18-24-25-19-23-17(12-22-26(18)19)13-2-6-15(21)7-3-13;1-27-16-8-4-14(5-9-16)20(10-11-20)18-23-24-19-22-12-17(25-26(18)19)13-2-6-15(21)7-3-13/h2*2-9,12H,10-11H2,1H3. The van der Waals surface area contributed by atoms with E-state index in [4.69, 9.17) is 37.8 Å². The molecule has 0 unspecified atom stereocenters. The third-order valence-corrected chi connectivity index (χ3v) is 10.7. The molecular formula is C40H32Cl2N10O2. The van der Waals surface area contributed by atoms with E-state index in [1.54, 1.807) is 35.6 Å². The minimum absolute atomic E-state index is 0.151. The molecule has 0 spiro atoms. The van der Waals surface area contributed by atoms with Crippen molar-refractivity contribution in [2.75, 3.05) is 14.2 Å². The van der Waals surface area contributed by atoms with Crippen LogP contribution in [0.1, 0.15) is 48.5 Å². The third kappa shape index (κ3) is 6.06. The van der Waals surface area contributed by atoms with Crippen molar-refractivity contribution >= 4 is 34.8 Å². The quantitative estimate of drug-likeness (QED) is 0.151. The summed E-state index contributed by atoms with van der Waals surface area (Å²) >= 11 is 12.0. The van der Waals surface area contributed by atoms with Gasteiger partial charge in [0.15, 0.2) is 11.6 Å². The second kappa shape index (κ2) is 13.5. The molecule has 4 aromatic carbocycles. The largest absolute Gasteiger partial charge is 0.497 e. The first kappa shape index (κ1) is 33.8. The van der Waals surface area contributed by atoms with Crippen molar-refractivity contribution in [1.82, 2.24) is 49.6 Å². The summed E-state index contributed by atoms with van der Waals surface area (Å²) in [5, 5.41) is 28.1. The second-order valence-corrected chi connectivity index (χ2v) is 14.3. The van der Waals surface area contributed by atoms with Crippen molar-refractivity contribution in [1.29, 1.82) is 0 Å². The predicted octanol–water partition coefficient (Wildman–Crippen LogP) is 7.86. The van der Waals surface area contributed by atoms with Crippen LogP contribution < -0.4 is 9.47 Å². The number of fused-ring (bicyclic) bond motifs is 2. The molecule has 14 heteroatoms. The van der Waals surface area contributed by atoms with E-state index < -0.39 is 0 Å². The van der Waals surface area contributed by atoms with Crippen LogP contribution in [0.5, 0.6) is 11.5 Å². The molecule has 2 aliphatic rings. The Morgan fingerprint density at radius 1 is 0.537 bits per heavy atom. The molecule has 10 rings (SSSR count). The van der Waals surface area contributed by atoms with Gasteiger partial charge in [0.05, 0.1) is 43.1 Å². The highest BCUT2D eigenvalue weighted by Crippen LogP contribution is 2.53. The van der Waals surface area contributed by atoms with Crippen LogP contribution in [-0.4, -0.2) is 63.8 Å². The van der Waals surface area contributed by atoms with Crippen molar-refractivity contribution in [2.24, 2.45) is 0 Å². The zero-order valence-electron chi connectivity index (χ0n) is 29.3. The highest BCUT2D eigenvalue weighted by molar-refractivity contribution is 6.30. The summed E-state index contributed by atoms with van der Waals surface area (Å²) < 4.78 is 14.0. The van der Waals surface area contributed by atoms with Crippen LogP contribution in [0.25, 0.3) is 34.1 Å². The first-order valence-corrected chi connectivity index (χ1v) is 18.1. The first-order chi connectivity index (χ1) is 26.4. The fraction of sp³-hybridized carbons (Fsp3) is 0.200. The molecule has 0 bridgehead atoms. The van der Waals surface area contributed by atoms with Crippen LogP contribution in [0.4, 0.5) is 0 Å². The molecule has 2 aliphatic carbocycles. The smallest absolute Gasteiger partial charge is 0.272 e. The van der Waals surface area contributed by atoms with Gasteiger partial charge in [0.25, 0.3) is 11.6 Å². The Balaban J connectivity index is 0.000000142. The van der Waals surface area contributed by atoms with Crippen LogP contribution in [-0.2, 0) is 10.8 Å². The second-order valence-electron chi connectivity index (χ2n) is 13.4. The molecule has 8 aromatic rings. The van der Waals surface area contributed by atoms with E-state index in [1.165, 1.54) is 11.1 Å². The number of rotatable bonds is 8. The van der Waals surface area contributed by atoms with Crippen LogP contribution in [0, 0.1) is 0 Å². The Morgan fingerprint density at radius 3 is 1.52 bits per heavy atom. The van der Waals surface area contributed by atoms with Gasteiger partial charge in [-0.15, -0.1) is 20.4 Å². The first-order valence-electron chi connectivity index (χ1n) is 17.4. The van der Waals surface area contributed by atoms with Gasteiger partial charge in [-0.25, -0.2) is 9.97 Å². The van der Waals surface area contributed by atoms with E-state index in [-0.39, 0.29) is 10.8 Å². The monoisotopic (exact) mass is 754 g/mol. The summed E-state index contributed by atoms with van der Waals surface area (Å²) in [4.78, 5) is 9.06. The van der Waals surface area contributed by atoms with E-state index in [0.29, 0.717) is 21.6 Å². The van der Waals surface area contributed by atoms with Crippen LogP contribution >= 0.6 is 23.2 Å². The minimum atomic E-state index is -0.168. The molecular weight excluding hydrogens is 723 g/mol. The van der Waals surface area contributed by atoms with Gasteiger partial charge >= 0.3 is 0 Å². The molecule has 4 heterocycles. The molecule has 4 aromatic heterocycles. The van der Waals surface area contributed by atoms with Gasteiger partial charge in [0.2, 0.25) is 0 Å². The maximum Gasteiger partial charge on any atom is 0.272 e. The molecule has 0 radical (unpaired) electrons. The van der Waals surface area contributed by atoms with E-state index in [2.05, 4.69) is 59.7 Å². The lowest BCUT2D eigenvalue weighted by Gasteiger charge is -2.14. The van der Waals surface area contributed by atoms with Crippen LogP contribution in [0.3, 0.4) is 0 Å². The van der Waals surface area contributed by atoms with Gasteiger partial charge in [-0.05, 0) is 85.3 Å². The van der Waals surface area contributed by atoms with Gasteiger partial charge in [-0.1, -0.05) is 71.7 Å². The van der Waals surface area contributed by atoms with Gasteiger partial charge in [0, 0.05) is 21.2 Å². The van der Waals surface area contributed by atoms with Gasteiger partial charge in [-0.2, -0.15) is 19.2 Å². The maximum absolute atomic E-state index is 5.99. The van der Waals surface area contributed by atoms with Crippen molar-refractivity contribution in [3.63, 3.8) is 0 Å². The van der Waals surface area contributed by atoms with Crippen LogP contribution in [0.2, 0.25) is 10.0 Å². The summed E-state index contributed by atoms with van der Waals surface area (Å²) in [6.45, 7) is 0. The average molecular weight is 756 g/mol. The fourth-order valence-electron chi connectivity index (χ4n) is 6.86. The highest BCUT2D eigenvalue weighted by Gasteiger charge is 2.51. The Hall–Kier alpha value is -5.98. The van der Waals surface area contributed by atoms with Crippen molar-refractivity contribution < 1.29 is 9.47 Å². The summed E-state index contributed by atoms with van der Waals surface area (Å²) in [6, 6.07) is 31.3. The maximum atomic E-state index is 5.99. The Kier molecular flexibility index (Phi) is 8.43. The zero-order chi connectivity index (χ0) is 36.9. The third-order valence-electron chi connectivity index (χ3n) is 10.2. The number of aromatic nitrogens is 10. The lowest BCUT2D eigenvalue weighted by atomic mass is 9.95. The summed E-state index contributed by atoms with van der Waals surface area (Å²) in [5.74, 6) is 4.34. The molecule has 0 N–H and O–H groups in total. The number of halogens is 2. The van der Waals surface area contributed by atoms with E-state index >= 15 is 0 Å². The van der Waals surface area contributed by atoms with Crippen LogP contribution in [0.15, 0.2) is 109 Å². The Bertz CT molecular complexity index is 2600. The molecule has 268 valence electrons. The Morgan fingerprint density at radius 2 is 1.02 bits per heavy atom. The highest BCUT2D eigenvalue weighted by atomic mass is 35.5. The van der Waals surface area contributed by atoms with Crippen molar-refractivity contribution in [3.8, 4) is 34.0 Å². The molecule has 12 nitrogen and oxygen atoms in total. The average Bonchev–Trinajstić information content (AvgIpc) is 4.13. The molecule has 0 atom stereocenters. The van der Waals surface area contributed by atoms with Gasteiger partial charge in [-0.3, -0.25) is 0 Å². The predicted molar refractivity (Wildman–Crippen MR) is 204 cm³/mol. The summed E-state index contributed by atoms with van der Waals surface area (Å²) in [7, 11) is 3.34. The Labute approximate surface area is 319 Å². The van der Waals surface area contributed by atoms with E-state index in [9.17, 15) is 0 Å². The number of benzene rings is 4. The summed E-state index contributed by atoms with van der Waals surface area (Å²) in [5.41, 5.74) is 5.45. The van der Waals surface area contributed by atoms with E-state index in [0.717, 1.165) is 71.3 Å². The van der Waals surface area contributed by atoms with Gasteiger partial charge in [0.1, 0.15) is 17.2 Å². The minimum Gasteiger partial charge on any atom is -0.497 e. The SMILES string of the molecule is COc1ccc(C2(c3nnc4nc(-c5ccc(Cl)cc5)cnn34)CC2)cc1.COc1ccc(C2(c3nnc4ncc(-c5ccc(Cl)cc5)nn34)CC2)cc1. The molecule has 2 fully saturated rings. The van der Waals surface area contributed by atoms with Gasteiger partial charge < -0.3 is 9.47 Å². The topological polar surface area (TPSA) is 130 Å². The number of ether oxygens (including phenoxy) is 2. The lowest BCUT2D eigenvalue weighted by Crippen LogP contribution is -2.15. The number of nitrogens with zero attached hydrogens (tertiary/aromatic N) is 10. The molecule has 0 aliphatic heterocycles. The molecule has 0 saturated heterocycles. The number of hydrogen-bond donors (Lipinski definition) is 0. The normalized spacial score (nSPS) is 15.0. The molecule has 54 heavy (non-hydrogen) atoms. The molecule has 2 saturated carbocycles. The zero-order valence-corrected chi connectivity index (χ0v) is 30.8. The van der Waals surface area contributed by atoms with Crippen molar-refractivity contribution in [3.05, 3.63) is 142 Å².